The first-order chi connectivity index (χ1) is 5.33. The Hall–Kier alpha value is 0.270. The lowest BCUT2D eigenvalue weighted by atomic mass is 10.2. The first-order valence-corrected chi connectivity index (χ1v) is 5.18. The quantitative estimate of drug-likeness (QED) is 0.696. The Morgan fingerprint density at radius 1 is 1.73 bits per heavy atom. The van der Waals surface area contributed by atoms with Crippen LogP contribution in [0.25, 0.3) is 0 Å². The van der Waals surface area contributed by atoms with Crippen LogP contribution in [-0.4, -0.2) is 35.9 Å². The molecule has 1 aliphatic heterocycles. The molecule has 1 aliphatic rings. The van der Waals surface area contributed by atoms with Gasteiger partial charge in [-0.15, -0.1) is 0 Å². The van der Waals surface area contributed by atoms with Crippen LogP contribution < -0.4 is 0 Å². The molecule has 1 rings (SSSR count). The van der Waals surface area contributed by atoms with Crippen LogP contribution in [0.1, 0.15) is 13.3 Å². The standard InChI is InChI=1S/C8H16O2S/c1-7(4-9)6-11-8-2-3-10-5-8/h7-9H,2-6H2,1H3. The van der Waals surface area contributed by atoms with Gasteiger partial charge in [-0.2, -0.15) is 11.8 Å². The van der Waals surface area contributed by atoms with E-state index in [0.29, 0.717) is 17.8 Å². The molecule has 3 heteroatoms. The molecule has 2 atom stereocenters. The Labute approximate surface area is 72.3 Å². The fraction of sp³-hybridized carbons (Fsp3) is 1.00. The predicted octanol–water partition coefficient (Wildman–Crippen LogP) is 1.14. The zero-order valence-electron chi connectivity index (χ0n) is 6.95. The van der Waals surface area contributed by atoms with E-state index in [2.05, 4.69) is 6.92 Å². The molecule has 66 valence electrons. The Bertz CT molecular complexity index is 102. The number of aliphatic hydroxyl groups excluding tert-OH is 1. The van der Waals surface area contributed by atoms with Crippen molar-refractivity contribution in [1.29, 1.82) is 0 Å². The van der Waals surface area contributed by atoms with Crippen molar-refractivity contribution in [3.63, 3.8) is 0 Å². The molecule has 0 spiro atoms. The zero-order valence-corrected chi connectivity index (χ0v) is 7.77. The molecule has 0 bridgehead atoms. The molecule has 1 N–H and O–H groups in total. The molecule has 0 aromatic carbocycles. The minimum atomic E-state index is 0.306. The second-order valence-corrected chi connectivity index (χ2v) is 4.44. The maximum absolute atomic E-state index is 8.76. The summed E-state index contributed by atoms with van der Waals surface area (Å²) in [6.45, 7) is 4.21. The molecule has 0 radical (unpaired) electrons. The zero-order chi connectivity index (χ0) is 8.10. The van der Waals surface area contributed by atoms with Gasteiger partial charge in [-0.3, -0.25) is 0 Å². The van der Waals surface area contributed by atoms with Gasteiger partial charge in [0.25, 0.3) is 0 Å². The van der Waals surface area contributed by atoms with Gasteiger partial charge in [0.15, 0.2) is 0 Å². The number of rotatable bonds is 4. The summed E-state index contributed by atoms with van der Waals surface area (Å²) >= 11 is 1.93. The molecule has 0 aromatic rings. The van der Waals surface area contributed by atoms with Crippen molar-refractivity contribution >= 4 is 11.8 Å². The number of ether oxygens (including phenoxy) is 1. The van der Waals surface area contributed by atoms with E-state index in [1.807, 2.05) is 11.8 Å². The monoisotopic (exact) mass is 176 g/mol. The molecule has 0 aromatic heterocycles. The van der Waals surface area contributed by atoms with Gasteiger partial charge >= 0.3 is 0 Å². The topological polar surface area (TPSA) is 29.5 Å². The lowest BCUT2D eigenvalue weighted by Gasteiger charge is -2.10. The minimum absolute atomic E-state index is 0.306. The third-order valence-corrected chi connectivity index (χ3v) is 3.42. The van der Waals surface area contributed by atoms with E-state index in [9.17, 15) is 0 Å². The number of hydrogen-bond acceptors (Lipinski definition) is 3. The van der Waals surface area contributed by atoms with Crippen LogP contribution >= 0.6 is 11.8 Å². The second kappa shape index (κ2) is 5.01. The van der Waals surface area contributed by atoms with Crippen molar-refractivity contribution in [3.05, 3.63) is 0 Å². The molecule has 2 nitrogen and oxygen atoms in total. The maximum Gasteiger partial charge on any atom is 0.0585 e. The summed E-state index contributed by atoms with van der Waals surface area (Å²) in [7, 11) is 0. The average molecular weight is 176 g/mol. The largest absolute Gasteiger partial charge is 0.396 e. The highest BCUT2D eigenvalue weighted by molar-refractivity contribution is 7.99. The van der Waals surface area contributed by atoms with E-state index >= 15 is 0 Å². The highest BCUT2D eigenvalue weighted by Gasteiger charge is 2.16. The van der Waals surface area contributed by atoms with Crippen LogP contribution in [0, 0.1) is 5.92 Å². The Morgan fingerprint density at radius 2 is 2.55 bits per heavy atom. The Balaban J connectivity index is 2.01. The highest BCUT2D eigenvalue weighted by atomic mass is 32.2. The maximum atomic E-state index is 8.76. The van der Waals surface area contributed by atoms with E-state index in [1.165, 1.54) is 6.42 Å². The molecular weight excluding hydrogens is 160 g/mol. The van der Waals surface area contributed by atoms with Crippen molar-refractivity contribution in [3.8, 4) is 0 Å². The predicted molar refractivity (Wildman–Crippen MR) is 47.9 cm³/mol. The van der Waals surface area contributed by atoms with Crippen LogP contribution in [0.5, 0.6) is 0 Å². The third kappa shape index (κ3) is 3.45. The normalized spacial score (nSPS) is 27.3. The molecule has 2 unspecified atom stereocenters. The molecule has 0 aliphatic carbocycles. The average Bonchev–Trinajstić information content (AvgIpc) is 2.52. The second-order valence-electron chi connectivity index (χ2n) is 3.11. The fourth-order valence-corrected chi connectivity index (χ4v) is 2.16. The van der Waals surface area contributed by atoms with E-state index in [0.717, 1.165) is 19.0 Å². The minimum Gasteiger partial charge on any atom is -0.396 e. The summed E-state index contributed by atoms with van der Waals surface area (Å²) in [5.74, 6) is 1.49. The third-order valence-electron chi connectivity index (χ3n) is 1.82. The van der Waals surface area contributed by atoms with Gasteiger partial charge in [-0.1, -0.05) is 6.92 Å². The van der Waals surface area contributed by atoms with E-state index in [1.54, 1.807) is 0 Å². The van der Waals surface area contributed by atoms with Crippen LogP contribution in [-0.2, 0) is 4.74 Å². The van der Waals surface area contributed by atoms with Crippen molar-refractivity contribution in [2.75, 3.05) is 25.6 Å². The van der Waals surface area contributed by atoms with Crippen molar-refractivity contribution < 1.29 is 9.84 Å². The first-order valence-electron chi connectivity index (χ1n) is 4.13. The number of thioether (sulfide) groups is 1. The fourth-order valence-electron chi connectivity index (χ4n) is 0.997. The molecule has 1 fully saturated rings. The number of aliphatic hydroxyl groups is 1. The van der Waals surface area contributed by atoms with Gasteiger partial charge in [-0.25, -0.2) is 0 Å². The molecule has 0 saturated carbocycles. The summed E-state index contributed by atoms with van der Waals surface area (Å²) in [4.78, 5) is 0. The Morgan fingerprint density at radius 3 is 3.09 bits per heavy atom. The van der Waals surface area contributed by atoms with Crippen LogP contribution in [0.2, 0.25) is 0 Å². The van der Waals surface area contributed by atoms with Gasteiger partial charge in [-0.05, 0) is 18.1 Å². The highest BCUT2D eigenvalue weighted by Crippen LogP contribution is 2.22. The van der Waals surface area contributed by atoms with Crippen molar-refractivity contribution in [2.45, 2.75) is 18.6 Å². The molecular formula is C8H16O2S. The molecule has 0 amide bonds. The number of hydrogen-bond donors (Lipinski definition) is 1. The van der Waals surface area contributed by atoms with Crippen molar-refractivity contribution in [2.24, 2.45) is 5.92 Å². The first kappa shape index (κ1) is 9.36. The Kier molecular flexibility index (Phi) is 4.26. The van der Waals surface area contributed by atoms with E-state index in [4.69, 9.17) is 9.84 Å². The van der Waals surface area contributed by atoms with Crippen molar-refractivity contribution in [1.82, 2.24) is 0 Å². The van der Waals surface area contributed by atoms with Gasteiger partial charge in [0, 0.05) is 18.5 Å². The van der Waals surface area contributed by atoms with Gasteiger partial charge < -0.3 is 9.84 Å². The van der Waals surface area contributed by atoms with Crippen LogP contribution in [0.3, 0.4) is 0 Å². The smallest absolute Gasteiger partial charge is 0.0585 e. The molecule has 11 heavy (non-hydrogen) atoms. The van der Waals surface area contributed by atoms with E-state index < -0.39 is 0 Å². The van der Waals surface area contributed by atoms with E-state index in [-0.39, 0.29) is 0 Å². The summed E-state index contributed by atoms with van der Waals surface area (Å²) in [6, 6.07) is 0. The van der Waals surface area contributed by atoms with Gasteiger partial charge in [0.2, 0.25) is 0 Å². The van der Waals surface area contributed by atoms with Gasteiger partial charge in [0.1, 0.15) is 0 Å². The summed E-state index contributed by atoms with van der Waals surface area (Å²) < 4.78 is 5.24. The van der Waals surface area contributed by atoms with Crippen LogP contribution in [0.15, 0.2) is 0 Å². The SMILES string of the molecule is CC(CO)CSC1CCOC1. The molecule has 1 saturated heterocycles. The summed E-state index contributed by atoms with van der Waals surface area (Å²) in [6.07, 6.45) is 1.18. The molecule has 1 heterocycles. The lowest BCUT2D eigenvalue weighted by molar-refractivity contribution is 0.199. The van der Waals surface area contributed by atoms with Gasteiger partial charge in [0.05, 0.1) is 6.61 Å². The summed E-state index contributed by atoms with van der Waals surface area (Å²) in [5, 5.41) is 9.45. The summed E-state index contributed by atoms with van der Waals surface area (Å²) in [5.41, 5.74) is 0. The lowest BCUT2D eigenvalue weighted by Crippen LogP contribution is -2.09. The van der Waals surface area contributed by atoms with Crippen LogP contribution in [0.4, 0.5) is 0 Å².